The number of aromatic nitrogens is 1. The normalized spacial score (nSPS) is 11.2. The van der Waals surface area contributed by atoms with Crippen LogP contribution in [0.1, 0.15) is 15.9 Å². The lowest BCUT2D eigenvalue weighted by Gasteiger charge is -2.03. The standard InChI is InChI=1S/C25H18N2O2/c1-29-22-14-8-13-20-21(23(27-24(20)22)17-9-4-2-5-10-17)15-19(16-26)25(28)18-11-6-3-7-12-18/h2-15,27H,1H3/b19-15+. The Hall–Kier alpha value is -4.10. The van der Waals surface area contributed by atoms with Gasteiger partial charge in [0.05, 0.1) is 18.3 Å². The maximum absolute atomic E-state index is 12.9. The van der Waals surface area contributed by atoms with Gasteiger partial charge >= 0.3 is 0 Å². The number of hydrogen-bond donors (Lipinski definition) is 1. The van der Waals surface area contributed by atoms with Gasteiger partial charge in [-0.05, 0) is 17.7 Å². The number of nitriles is 1. The van der Waals surface area contributed by atoms with Crippen LogP contribution in [0.3, 0.4) is 0 Å². The molecule has 0 aliphatic rings. The van der Waals surface area contributed by atoms with Gasteiger partial charge in [-0.3, -0.25) is 4.79 Å². The molecule has 29 heavy (non-hydrogen) atoms. The first-order valence-corrected chi connectivity index (χ1v) is 9.18. The van der Waals surface area contributed by atoms with E-state index in [2.05, 4.69) is 11.1 Å². The van der Waals surface area contributed by atoms with Crippen molar-refractivity contribution in [3.8, 4) is 23.1 Å². The lowest BCUT2D eigenvalue weighted by molar-refractivity contribution is 0.104. The van der Waals surface area contributed by atoms with E-state index in [-0.39, 0.29) is 11.4 Å². The number of carbonyl (C=O) groups is 1. The number of carbonyl (C=O) groups excluding carboxylic acids is 1. The Morgan fingerprint density at radius 2 is 1.66 bits per heavy atom. The fourth-order valence-corrected chi connectivity index (χ4v) is 3.40. The number of nitrogens with zero attached hydrogens (tertiary/aromatic N) is 1. The highest BCUT2D eigenvalue weighted by Gasteiger charge is 2.18. The van der Waals surface area contributed by atoms with Crippen LogP contribution >= 0.6 is 0 Å². The first kappa shape index (κ1) is 18.3. The molecule has 0 atom stereocenters. The summed E-state index contributed by atoms with van der Waals surface area (Å²) in [6, 6.07) is 26.5. The minimum Gasteiger partial charge on any atom is -0.495 e. The van der Waals surface area contributed by atoms with Gasteiger partial charge in [0.15, 0.2) is 0 Å². The molecule has 1 heterocycles. The van der Waals surface area contributed by atoms with Gasteiger partial charge < -0.3 is 9.72 Å². The van der Waals surface area contributed by atoms with E-state index in [9.17, 15) is 10.1 Å². The maximum atomic E-state index is 12.9. The summed E-state index contributed by atoms with van der Waals surface area (Å²) in [5.41, 5.74) is 3.96. The highest BCUT2D eigenvalue weighted by atomic mass is 16.5. The summed E-state index contributed by atoms with van der Waals surface area (Å²) in [6.45, 7) is 0. The monoisotopic (exact) mass is 378 g/mol. The largest absolute Gasteiger partial charge is 0.495 e. The second kappa shape index (κ2) is 7.87. The minimum absolute atomic E-state index is 0.0806. The third-order valence-corrected chi connectivity index (χ3v) is 4.81. The molecule has 140 valence electrons. The van der Waals surface area contributed by atoms with E-state index >= 15 is 0 Å². The van der Waals surface area contributed by atoms with E-state index in [4.69, 9.17) is 4.74 Å². The number of allylic oxidation sites excluding steroid dienone is 1. The van der Waals surface area contributed by atoms with Crippen LogP contribution in [0.4, 0.5) is 0 Å². The molecule has 0 aliphatic heterocycles. The topological polar surface area (TPSA) is 65.9 Å². The Balaban J connectivity index is 1.95. The number of rotatable bonds is 5. The molecule has 1 aromatic heterocycles. The molecule has 1 N–H and O–H groups in total. The van der Waals surface area contributed by atoms with E-state index in [1.54, 1.807) is 37.5 Å². The molecule has 4 rings (SSSR count). The van der Waals surface area contributed by atoms with Crippen LogP contribution in [0, 0.1) is 11.3 Å². The lowest BCUT2D eigenvalue weighted by Crippen LogP contribution is -2.01. The van der Waals surface area contributed by atoms with E-state index in [0.29, 0.717) is 11.3 Å². The van der Waals surface area contributed by atoms with Crippen molar-refractivity contribution in [1.29, 1.82) is 5.26 Å². The molecule has 0 amide bonds. The Morgan fingerprint density at radius 1 is 0.966 bits per heavy atom. The molecule has 4 heteroatoms. The quantitative estimate of drug-likeness (QED) is 0.278. The summed E-state index contributed by atoms with van der Waals surface area (Å²) in [6.07, 6.45) is 1.66. The summed E-state index contributed by atoms with van der Waals surface area (Å²) < 4.78 is 5.50. The fraction of sp³-hybridized carbons (Fsp3) is 0.0400. The number of Topliss-reactive ketones (excluding diaryl/α,β-unsaturated/α-hetero) is 1. The lowest BCUT2D eigenvalue weighted by atomic mass is 9.99. The molecule has 4 nitrogen and oxygen atoms in total. The summed E-state index contributed by atoms with van der Waals surface area (Å²) in [7, 11) is 1.62. The molecular weight excluding hydrogens is 360 g/mol. The Kier molecular flexibility index (Phi) is 4.96. The Morgan fingerprint density at radius 3 is 2.31 bits per heavy atom. The van der Waals surface area contributed by atoms with Gasteiger partial charge in [-0.1, -0.05) is 72.8 Å². The average molecular weight is 378 g/mol. The van der Waals surface area contributed by atoms with Gasteiger partial charge in [0.1, 0.15) is 17.4 Å². The third kappa shape index (κ3) is 3.42. The molecule has 3 aromatic carbocycles. The molecule has 0 aliphatic carbocycles. The first-order valence-electron chi connectivity index (χ1n) is 9.18. The number of ether oxygens (including phenoxy) is 1. The molecule has 0 bridgehead atoms. The highest BCUT2D eigenvalue weighted by Crippen LogP contribution is 2.36. The molecule has 0 saturated heterocycles. The van der Waals surface area contributed by atoms with Crippen LogP contribution in [-0.2, 0) is 0 Å². The van der Waals surface area contributed by atoms with Gasteiger partial charge in [0.25, 0.3) is 0 Å². The van der Waals surface area contributed by atoms with Gasteiger partial charge in [0.2, 0.25) is 5.78 Å². The van der Waals surface area contributed by atoms with Crippen LogP contribution in [-0.4, -0.2) is 17.9 Å². The number of aromatic amines is 1. The molecule has 0 fully saturated rings. The number of fused-ring (bicyclic) bond motifs is 1. The van der Waals surface area contributed by atoms with Crippen molar-refractivity contribution in [2.45, 2.75) is 0 Å². The molecule has 4 aromatic rings. The van der Waals surface area contributed by atoms with Gasteiger partial charge in [-0.2, -0.15) is 5.26 Å². The number of benzene rings is 3. The Bertz CT molecular complexity index is 1250. The second-order valence-electron chi connectivity index (χ2n) is 6.53. The predicted molar refractivity (Wildman–Crippen MR) is 115 cm³/mol. The molecular formula is C25H18N2O2. The second-order valence-corrected chi connectivity index (χ2v) is 6.53. The average Bonchev–Trinajstić information content (AvgIpc) is 3.16. The number of H-pyrrole nitrogens is 1. The number of nitrogens with one attached hydrogen (secondary N) is 1. The molecule has 0 spiro atoms. The molecule has 0 saturated carbocycles. The highest BCUT2D eigenvalue weighted by molar-refractivity contribution is 6.15. The third-order valence-electron chi connectivity index (χ3n) is 4.81. The van der Waals surface area contributed by atoms with Crippen molar-refractivity contribution in [3.63, 3.8) is 0 Å². The fourth-order valence-electron chi connectivity index (χ4n) is 3.40. The van der Waals surface area contributed by atoms with Crippen LogP contribution in [0.2, 0.25) is 0 Å². The van der Waals surface area contributed by atoms with Crippen molar-refractivity contribution >= 4 is 22.8 Å². The van der Waals surface area contributed by atoms with Crippen LogP contribution in [0.25, 0.3) is 28.2 Å². The van der Waals surface area contributed by atoms with Gasteiger partial charge in [0, 0.05) is 16.5 Å². The van der Waals surface area contributed by atoms with E-state index in [1.807, 2.05) is 54.6 Å². The zero-order chi connectivity index (χ0) is 20.2. The maximum Gasteiger partial charge on any atom is 0.203 e. The van der Waals surface area contributed by atoms with Crippen LogP contribution < -0.4 is 4.74 Å². The molecule has 0 unspecified atom stereocenters. The molecule has 0 radical (unpaired) electrons. The minimum atomic E-state index is -0.302. The number of hydrogen-bond acceptors (Lipinski definition) is 3. The van der Waals surface area contributed by atoms with Gasteiger partial charge in [-0.25, -0.2) is 0 Å². The zero-order valence-corrected chi connectivity index (χ0v) is 15.8. The summed E-state index contributed by atoms with van der Waals surface area (Å²) in [5, 5.41) is 10.6. The zero-order valence-electron chi connectivity index (χ0n) is 15.8. The van der Waals surface area contributed by atoms with Crippen molar-refractivity contribution in [1.82, 2.24) is 4.98 Å². The number of methoxy groups -OCH3 is 1. The van der Waals surface area contributed by atoms with Crippen molar-refractivity contribution in [3.05, 3.63) is 95.6 Å². The van der Waals surface area contributed by atoms with E-state index < -0.39 is 0 Å². The predicted octanol–water partition coefficient (Wildman–Crippen LogP) is 5.63. The first-order chi connectivity index (χ1) is 14.2. The van der Waals surface area contributed by atoms with E-state index in [1.165, 1.54) is 0 Å². The van der Waals surface area contributed by atoms with Crippen LogP contribution in [0.5, 0.6) is 5.75 Å². The van der Waals surface area contributed by atoms with Gasteiger partial charge in [-0.15, -0.1) is 0 Å². The van der Waals surface area contributed by atoms with E-state index in [0.717, 1.165) is 27.7 Å². The van der Waals surface area contributed by atoms with Crippen molar-refractivity contribution in [2.75, 3.05) is 7.11 Å². The SMILES string of the molecule is COc1cccc2c(/C=C(\C#N)C(=O)c3ccccc3)c(-c3ccccc3)[nH]c12. The smallest absolute Gasteiger partial charge is 0.203 e. The van der Waals surface area contributed by atoms with Crippen molar-refractivity contribution in [2.24, 2.45) is 0 Å². The van der Waals surface area contributed by atoms with Crippen molar-refractivity contribution < 1.29 is 9.53 Å². The Labute approximate surface area is 168 Å². The number of ketones is 1. The van der Waals surface area contributed by atoms with Crippen LogP contribution in [0.15, 0.2) is 84.4 Å². The summed E-state index contributed by atoms with van der Waals surface area (Å²) in [5.74, 6) is 0.400. The number of para-hydroxylation sites is 1. The summed E-state index contributed by atoms with van der Waals surface area (Å²) >= 11 is 0. The summed E-state index contributed by atoms with van der Waals surface area (Å²) in [4.78, 5) is 16.3.